The molecule has 2 fully saturated rings. The summed E-state index contributed by atoms with van der Waals surface area (Å²) in [5, 5.41) is 14.3. The van der Waals surface area contributed by atoms with Crippen LogP contribution in [0.15, 0.2) is 6.07 Å². The lowest BCUT2D eigenvalue weighted by atomic mass is 10.2. The van der Waals surface area contributed by atoms with Crippen LogP contribution in [0.1, 0.15) is 72.5 Å². The number of carbonyl (C=O) groups is 1. The predicted octanol–water partition coefficient (Wildman–Crippen LogP) is 1.74. The van der Waals surface area contributed by atoms with Crippen molar-refractivity contribution in [3.8, 4) is 0 Å². The maximum Gasteiger partial charge on any atom is 0.274 e. The van der Waals surface area contributed by atoms with Gasteiger partial charge in [0, 0.05) is 24.1 Å². The van der Waals surface area contributed by atoms with Crippen LogP contribution in [-0.2, 0) is 4.74 Å². The van der Waals surface area contributed by atoms with Crippen LogP contribution in [0.5, 0.6) is 0 Å². The third kappa shape index (κ3) is 2.93. The summed E-state index contributed by atoms with van der Waals surface area (Å²) >= 11 is 0. The van der Waals surface area contributed by atoms with Gasteiger partial charge in [0.05, 0.1) is 13.2 Å². The number of H-pyrrole nitrogens is 2. The van der Waals surface area contributed by atoms with Crippen molar-refractivity contribution in [3.05, 3.63) is 29.1 Å². The fraction of sp³-hybridized carbons (Fsp3) is 0.625. The van der Waals surface area contributed by atoms with Gasteiger partial charge in [-0.1, -0.05) is 13.8 Å². The Balaban J connectivity index is 1.45. The number of aromatic amines is 2. The van der Waals surface area contributed by atoms with E-state index in [0.29, 0.717) is 37.1 Å². The minimum Gasteiger partial charge on any atom is -0.367 e. The number of ether oxygens (including phenoxy) is 1. The van der Waals surface area contributed by atoms with Gasteiger partial charge in [0.1, 0.15) is 11.8 Å². The van der Waals surface area contributed by atoms with Crippen molar-refractivity contribution >= 4 is 5.91 Å². The van der Waals surface area contributed by atoms with Gasteiger partial charge in [-0.05, 0) is 18.9 Å². The highest BCUT2D eigenvalue weighted by atomic mass is 16.5. The SMILES string of the molecule is CC(C)c1n[nH]c([C@@H]2CN(C(=O)c3cc(C4CC4)[nH]n3)CCO2)n1. The highest BCUT2D eigenvalue weighted by molar-refractivity contribution is 5.92. The van der Waals surface area contributed by atoms with Crippen LogP contribution in [-0.4, -0.2) is 55.9 Å². The fourth-order valence-electron chi connectivity index (χ4n) is 2.90. The molecule has 0 unspecified atom stereocenters. The molecule has 0 bridgehead atoms. The molecule has 8 heteroatoms. The summed E-state index contributed by atoms with van der Waals surface area (Å²) in [6, 6.07) is 1.88. The second kappa shape index (κ2) is 6.01. The van der Waals surface area contributed by atoms with E-state index in [-0.39, 0.29) is 17.9 Å². The van der Waals surface area contributed by atoms with Crippen LogP contribution in [0.3, 0.4) is 0 Å². The van der Waals surface area contributed by atoms with Gasteiger partial charge < -0.3 is 9.64 Å². The average Bonchev–Trinajstić information content (AvgIpc) is 3.13. The molecule has 4 rings (SSSR count). The Morgan fingerprint density at radius 3 is 2.88 bits per heavy atom. The van der Waals surface area contributed by atoms with Crippen molar-refractivity contribution in [1.29, 1.82) is 0 Å². The molecule has 1 aliphatic heterocycles. The topological polar surface area (TPSA) is 99.8 Å². The summed E-state index contributed by atoms with van der Waals surface area (Å²) in [5.74, 6) is 2.19. The molecule has 2 aromatic heterocycles. The summed E-state index contributed by atoms with van der Waals surface area (Å²) in [4.78, 5) is 18.9. The quantitative estimate of drug-likeness (QED) is 0.889. The Labute approximate surface area is 140 Å². The number of rotatable bonds is 4. The van der Waals surface area contributed by atoms with E-state index in [4.69, 9.17) is 4.74 Å². The van der Waals surface area contributed by atoms with Crippen molar-refractivity contribution < 1.29 is 9.53 Å². The number of morpholine rings is 1. The van der Waals surface area contributed by atoms with Crippen molar-refractivity contribution in [3.63, 3.8) is 0 Å². The highest BCUT2D eigenvalue weighted by Gasteiger charge is 2.31. The summed E-state index contributed by atoms with van der Waals surface area (Å²) < 4.78 is 5.77. The molecule has 1 amide bonds. The molecule has 2 aliphatic rings. The third-order valence-corrected chi connectivity index (χ3v) is 4.53. The molecule has 1 atom stereocenters. The third-order valence-electron chi connectivity index (χ3n) is 4.53. The zero-order valence-corrected chi connectivity index (χ0v) is 14.0. The van der Waals surface area contributed by atoms with E-state index in [1.54, 1.807) is 4.90 Å². The number of aromatic nitrogens is 5. The largest absolute Gasteiger partial charge is 0.367 e. The molecule has 1 saturated heterocycles. The molecular weight excluding hydrogens is 308 g/mol. The van der Waals surface area contributed by atoms with Crippen LogP contribution < -0.4 is 0 Å². The van der Waals surface area contributed by atoms with E-state index in [1.807, 2.05) is 19.9 Å². The lowest BCUT2D eigenvalue weighted by molar-refractivity contribution is -0.0268. The van der Waals surface area contributed by atoms with Gasteiger partial charge in [-0.25, -0.2) is 4.98 Å². The molecule has 2 aromatic rings. The first-order valence-corrected chi connectivity index (χ1v) is 8.50. The Morgan fingerprint density at radius 2 is 2.17 bits per heavy atom. The van der Waals surface area contributed by atoms with E-state index in [2.05, 4.69) is 25.4 Å². The van der Waals surface area contributed by atoms with Crippen molar-refractivity contribution in [2.75, 3.05) is 19.7 Å². The molecule has 0 spiro atoms. The number of carbonyl (C=O) groups excluding carboxylic acids is 1. The summed E-state index contributed by atoms with van der Waals surface area (Å²) in [5.41, 5.74) is 1.55. The molecule has 0 radical (unpaired) electrons. The highest BCUT2D eigenvalue weighted by Crippen LogP contribution is 2.39. The second-order valence-corrected chi connectivity index (χ2v) is 6.83. The predicted molar refractivity (Wildman–Crippen MR) is 85.6 cm³/mol. The number of hydrogen-bond donors (Lipinski definition) is 2. The monoisotopic (exact) mass is 330 g/mol. The van der Waals surface area contributed by atoms with Crippen LogP contribution >= 0.6 is 0 Å². The van der Waals surface area contributed by atoms with E-state index >= 15 is 0 Å². The molecule has 2 N–H and O–H groups in total. The van der Waals surface area contributed by atoms with Gasteiger partial charge >= 0.3 is 0 Å². The number of amides is 1. The van der Waals surface area contributed by atoms with Crippen LogP contribution in [0.2, 0.25) is 0 Å². The molecule has 128 valence electrons. The maximum atomic E-state index is 12.7. The summed E-state index contributed by atoms with van der Waals surface area (Å²) in [7, 11) is 0. The normalized spacial score (nSPS) is 21.5. The Kier molecular flexibility index (Phi) is 3.84. The zero-order chi connectivity index (χ0) is 16.7. The first kappa shape index (κ1) is 15.3. The van der Waals surface area contributed by atoms with Crippen molar-refractivity contribution in [2.45, 2.75) is 44.6 Å². The smallest absolute Gasteiger partial charge is 0.274 e. The first-order valence-electron chi connectivity index (χ1n) is 8.50. The molecular formula is C16H22N6O2. The van der Waals surface area contributed by atoms with Gasteiger partial charge in [-0.3, -0.25) is 15.0 Å². The van der Waals surface area contributed by atoms with Gasteiger partial charge in [0.25, 0.3) is 5.91 Å². The standard InChI is InChI=1S/C16H22N6O2/c1-9(2)14-17-15(21-20-14)13-8-22(5-6-24-13)16(23)12-7-11(18-19-12)10-3-4-10/h7,9-10,13H,3-6,8H2,1-2H3,(H,18,19)(H,17,20,21)/t13-/m0/s1. The minimum atomic E-state index is -0.274. The van der Waals surface area contributed by atoms with Crippen LogP contribution in [0, 0.1) is 0 Å². The molecule has 24 heavy (non-hydrogen) atoms. The van der Waals surface area contributed by atoms with E-state index in [1.165, 1.54) is 12.8 Å². The van der Waals surface area contributed by atoms with Gasteiger partial charge in [0.2, 0.25) is 0 Å². The molecule has 1 saturated carbocycles. The molecule has 1 aliphatic carbocycles. The maximum absolute atomic E-state index is 12.7. The molecule has 0 aromatic carbocycles. The van der Waals surface area contributed by atoms with Gasteiger partial charge in [-0.2, -0.15) is 10.2 Å². The van der Waals surface area contributed by atoms with Gasteiger partial charge in [0.15, 0.2) is 11.6 Å². The first-order chi connectivity index (χ1) is 11.6. The Hall–Kier alpha value is -2.22. The fourth-order valence-corrected chi connectivity index (χ4v) is 2.90. The average molecular weight is 330 g/mol. The van der Waals surface area contributed by atoms with Gasteiger partial charge in [-0.15, -0.1) is 0 Å². The summed E-state index contributed by atoms with van der Waals surface area (Å²) in [6.45, 7) is 5.58. The lowest BCUT2D eigenvalue weighted by Crippen LogP contribution is -2.42. The minimum absolute atomic E-state index is 0.0601. The zero-order valence-electron chi connectivity index (χ0n) is 14.0. The number of nitrogens with zero attached hydrogens (tertiary/aromatic N) is 4. The second-order valence-electron chi connectivity index (χ2n) is 6.83. The Morgan fingerprint density at radius 1 is 1.33 bits per heavy atom. The van der Waals surface area contributed by atoms with E-state index in [9.17, 15) is 4.79 Å². The molecule has 3 heterocycles. The molecule has 8 nitrogen and oxygen atoms in total. The van der Waals surface area contributed by atoms with Crippen molar-refractivity contribution in [1.82, 2.24) is 30.3 Å². The van der Waals surface area contributed by atoms with Crippen molar-refractivity contribution in [2.24, 2.45) is 0 Å². The Bertz CT molecular complexity index is 733. The summed E-state index contributed by atoms with van der Waals surface area (Å²) in [6.07, 6.45) is 2.09. The van der Waals surface area contributed by atoms with E-state index in [0.717, 1.165) is 11.5 Å². The number of hydrogen-bond acceptors (Lipinski definition) is 5. The van der Waals surface area contributed by atoms with E-state index < -0.39 is 0 Å². The lowest BCUT2D eigenvalue weighted by Gasteiger charge is -2.31. The van der Waals surface area contributed by atoms with Crippen LogP contribution in [0.25, 0.3) is 0 Å². The van der Waals surface area contributed by atoms with Crippen LogP contribution in [0.4, 0.5) is 0 Å². The number of nitrogens with one attached hydrogen (secondary N) is 2.